The minimum Gasteiger partial charge on any atom is -0.493 e. The Morgan fingerprint density at radius 3 is 2.70 bits per heavy atom. The van der Waals surface area contributed by atoms with Crippen LogP contribution in [0.2, 0.25) is 0 Å². The van der Waals surface area contributed by atoms with Gasteiger partial charge < -0.3 is 20.1 Å². The molecule has 0 saturated carbocycles. The number of hydrogen-bond donors (Lipinski definition) is 2. The summed E-state index contributed by atoms with van der Waals surface area (Å²) in [5.41, 5.74) is 1.05. The predicted octanol–water partition coefficient (Wildman–Crippen LogP) is 1.62. The van der Waals surface area contributed by atoms with Crippen molar-refractivity contribution < 1.29 is 9.47 Å². The van der Waals surface area contributed by atoms with Crippen LogP contribution >= 0.6 is 24.0 Å². The molecule has 0 heterocycles. The van der Waals surface area contributed by atoms with Crippen molar-refractivity contribution >= 4 is 29.9 Å². The molecule has 5 nitrogen and oxygen atoms in total. The number of halogens is 1. The fourth-order valence-corrected chi connectivity index (χ4v) is 1.53. The van der Waals surface area contributed by atoms with Gasteiger partial charge in [-0.3, -0.25) is 4.99 Å². The van der Waals surface area contributed by atoms with Gasteiger partial charge in [0.1, 0.15) is 6.61 Å². The van der Waals surface area contributed by atoms with Gasteiger partial charge >= 0.3 is 0 Å². The van der Waals surface area contributed by atoms with Gasteiger partial charge in [0.15, 0.2) is 17.5 Å². The summed E-state index contributed by atoms with van der Waals surface area (Å²) in [6.45, 7) is 0.843. The third-order valence-corrected chi connectivity index (χ3v) is 2.46. The average molecular weight is 389 g/mol. The Bertz CT molecular complexity index is 484. The van der Waals surface area contributed by atoms with E-state index in [2.05, 4.69) is 21.5 Å². The van der Waals surface area contributed by atoms with Crippen LogP contribution in [0.4, 0.5) is 0 Å². The van der Waals surface area contributed by atoms with Crippen molar-refractivity contribution in [2.75, 3.05) is 27.8 Å². The molecule has 1 aromatic rings. The number of benzene rings is 1. The summed E-state index contributed by atoms with van der Waals surface area (Å²) < 4.78 is 10.7. The summed E-state index contributed by atoms with van der Waals surface area (Å²) in [5.74, 6) is 4.46. The van der Waals surface area contributed by atoms with Crippen molar-refractivity contribution in [1.29, 1.82) is 0 Å². The Morgan fingerprint density at radius 1 is 1.40 bits per heavy atom. The van der Waals surface area contributed by atoms with Gasteiger partial charge in [0.2, 0.25) is 0 Å². The SMILES string of the molecule is C#CCOc1cc(CNC(=NC)NC)ccc1OC.I. The van der Waals surface area contributed by atoms with Crippen molar-refractivity contribution in [2.24, 2.45) is 4.99 Å². The van der Waals surface area contributed by atoms with Crippen molar-refractivity contribution in [3.8, 4) is 23.8 Å². The van der Waals surface area contributed by atoms with E-state index in [0.29, 0.717) is 18.0 Å². The molecule has 0 aliphatic rings. The van der Waals surface area contributed by atoms with E-state index in [1.807, 2.05) is 25.2 Å². The van der Waals surface area contributed by atoms with E-state index in [4.69, 9.17) is 15.9 Å². The number of hydrogen-bond acceptors (Lipinski definition) is 3. The second kappa shape index (κ2) is 10.2. The highest BCUT2D eigenvalue weighted by atomic mass is 127. The second-order valence-corrected chi connectivity index (χ2v) is 3.65. The minimum absolute atomic E-state index is 0. The van der Waals surface area contributed by atoms with Crippen LogP contribution in [0.1, 0.15) is 5.56 Å². The fourth-order valence-electron chi connectivity index (χ4n) is 1.53. The number of ether oxygens (including phenoxy) is 2. The predicted molar refractivity (Wildman–Crippen MR) is 92.0 cm³/mol. The maximum Gasteiger partial charge on any atom is 0.190 e. The van der Waals surface area contributed by atoms with E-state index in [1.54, 1.807) is 14.2 Å². The highest BCUT2D eigenvalue weighted by molar-refractivity contribution is 14.0. The monoisotopic (exact) mass is 389 g/mol. The molecular formula is C14H20IN3O2. The van der Waals surface area contributed by atoms with Crippen LogP contribution in [0.15, 0.2) is 23.2 Å². The lowest BCUT2D eigenvalue weighted by Gasteiger charge is -2.12. The molecule has 6 heteroatoms. The fraction of sp³-hybridized carbons (Fsp3) is 0.357. The number of methoxy groups -OCH3 is 1. The largest absolute Gasteiger partial charge is 0.493 e. The summed E-state index contributed by atoms with van der Waals surface area (Å²) in [5, 5.41) is 6.11. The van der Waals surface area contributed by atoms with E-state index in [0.717, 1.165) is 11.5 Å². The van der Waals surface area contributed by atoms with Crippen LogP contribution in [0.5, 0.6) is 11.5 Å². The van der Waals surface area contributed by atoms with E-state index in [9.17, 15) is 0 Å². The molecule has 0 atom stereocenters. The van der Waals surface area contributed by atoms with Gasteiger partial charge in [-0.05, 0) is 17.7 Å². The van der Waals surface area contributed by atoms with Gasteiger partial charge in [0.05, 0.1) is 7.11 Å². The van der Waals surface area contributed by atoms with Crippen LogP contribution in [-0.2, 0) is 6.54 Å². The van der Waals surface area contributed by atoms with Gasteiger partial charge in [-0.2, -0.15) is 0 Å². The Balaban J connectivity index is 0.00000361. The topological polar surface area (TPSA) is 54.9 Å². The summed E-state index contributed by atoms with van der Waals surface area (Å²) in [6.07, 6.45) is 5.19. The number of nitrogens with zero attached hydrogens (tertiary/aromatic N) is 1. The van der Waals surface area contributed by atoms with Crippen molar-refractivity contribution in [2.45, 2.75) is 6.54 Å². The number of aliphatic imine (C=N–C) groups is 1. The first-order valence-corrected chi connectivity index (χ1v) is 5.86. The Labute approximate surface area is 137 Å². The Morgan fingerprint density at radius 2 is 2.15 bits per heavy atom. The smallest absolute Gasteiger partial charge is 0.190 e. The first-order chi connectivity index (χ1) is 9.24. The van der Waals surface area contributed by atoms with E-state index >= 15 is 0 Å². The zero-order valence-corrected chi connectivity index (χ0v) is 14.2. The minimum atomic E-state index is 0. The zero-order valence-electron chi connectivity index (χ0n) is 11.9. The number of rotatable bonds is 5. The molecule has 1 aromatic carbocycles. The molecule has 0 fully saturated rings. The van der Waals surface area contributed by atoms with Crippen LogP contribution in [0, 0.1) is 12.3 Å². The molecule has 110 valence electrons. The molecule has 0 aromatic heterocycles. The highest BCUT2D eigenvalue weighted by Gasteiger charge is 2.05. The molecule has 0 amide bonds. The number of nitrogens with one attached hydrogen (secondary N) is 2. The normalized spacial score (nSPS) is 10.0. The molecule has 20 heavy (non-hydrogen) atoms. The maximum atomic E-state index is 5.44. The zero-order chi connectivity index (χ0) is 14.1. The summed E-state index contributed by atoms with van der Waals surface area (Å²) in [7, 11) is 5.12. The van der Waals surface area contributed by atoms with Gasteiger partial charge in [-0.15, -0.1) is 30.4 Å². The number of terminal acetylenes is 1. The van der Waals surface area contributed by atoms with Gasteiger partial charge in [0.25, 0.3) is 0 Å². The molecule has 2 N–H and O–H groups in total. The van der Waals surface area contributed by atoms with E-state index in [-0.39, 0.29) is 30.6 Å². The standard InChI is InChI=1S/C14H19N3O2.HI/c1-5-8-19-13-9-11(6-7-12(13)18-4)10-17-14(15-2)16-3;/h1,6-7,9H,8,10H2,2-4H3,(H2,15,16,17);1H. The van der Waals surface area contributed by atoms with Gasteiger partial charge in [-0.25, -0.2) is 0 Å². The lowest BCUT2D eigenvalue weighted by Crippen LogP contribution is -2.34. The maximum absolute atomic E-state index is 5.44. The molecular weight excluding hydrogens is 369 g/mol. The molecule has 0 radical (unpaired) electrons. The van der Waals surface area contributed by atoms with Crippen molar-refractivity contribution in [3.05, 3.63) is 23.8 Å². The second-order valence-electron chi connectivity index (χ2n) is 3.65. The van der Waals surface area contributed by atoms with Crippen LogP contribution < -0.4 is 20.1 Å². The van der Waals surface area contributed by atoms with Gasteiger partial charge in [-0.1, -0.05) is 12.0 Å². The highest BCUT2D eigenvalue weighted by Crippen LogP contribution is 2.27. The van der Waals surface area contributed by atoms with Crippen molar-refractivity contribution in [3.63, 3.8) is 0 Å². The van der Waals surface area contributed by atoms with Crippen molar-refractivity contribution in [1.82, 2.24) is 10.6 Å². The lowest BCUT2D eigenvalue weighted by atomic mass is 10.2. The third kappa shape index (κ3) is 5.57. The van der Waals surface area contributed by atoms with Gasteiger partial charge in [0, 0.05) is 20.6 Å². The molecule has 0 saturated heterocycles. The molecule has 0 unspecified atom stereocenters. The van der Waals surface area contributed by atoms with Crippen LogP contribution in [0.25, 0.3) is 0 Å². The summed E-state index contributed by atoms with van der Waals surface area (Å²) in [6, 6.07) is 5.70. The first-order valence-electron chi connectivity index (χ1n) is 5.86. The van der Waals surface area contributed by atoms with E-state index in [1.165, 1.54) is 0 Å². The van der Waals surface area contributed by atoms with E-state index < -0.39 is 0 Å². The molecule has 0 spiro atoms. The third-order valence-electron chi connectivity index (χ3n) is 2.46. The average Bonchev–Trinajstić information content (AvgIpc) is 2.46. The summed E-state index contributed by atoms with van der Waals surface area (Å²) >= 11 is 0. The molecule has 0 aliphatic heterocycles. The van der Waals surface area contributed by atoms with Crippen LogP contribution in [0.3, 0.4) is 0 Å². The number of guanidine groups is 1. The molecule has 0 aliphatic carbocycles. The van der Waals surface area contributed by atoms with Crippen LogP contribution in [-0.4, -0.2) is 33.8 Å². The molecule has 1 rings (SSSR count). The lowest BCUT2D eigenvalue weighted by molar-refractivity contribution is 0.330. The quantitative estimate of drug-likeness (QED) is 0.348. The first kappa shape index (κ1) is 18.4. The Hall–Kier alpha value is -1.62. The summed E-state index contributed by atoms with van der Waals surface area (Å²) in [4.78, 5) is 4.04. The molecule has 0 bridgehead atoms. The Kier molecular flexibility index (Phi) is 9.38.